The van der Waals surface area contributed by atoms with Crippen LogP contribution in [0.25, 0.3) is 0 Å². The van der Waals surface area contributed by atoms with Crippen molar-refractivity contribution in [1.82, 2.24) is 0 Å². The van der Waals surface area contributed by atoms with Crippen LogP contribution in [0.2, 0.25) is 0 Å². The van der Waals surface area contributed by atoms with Gasteiger partial charge in [0.1, 0.15) is 0 Å². The lowest BCUT2D eigenvalue weighted by Gasteiger charge is -2.09. The van der Waals surface area contributed by atoms with E-state index in [1.165, 1.54) is 3.57 Å². The van der Waals surface area contributed by atoms with Crippen LogP contribution >= 0.6 is 22.6 Å². The molecule has 20 heavy (non-hydrogen) atoms. The second-order valence-electron chi connectivity index (χ2n) is 4.79. The first-order chi connectivity index (χ1) is 9.52. The Bertz CT molecular complexity index is 588. The Kier molecular flexibility index (Phi) is 5.00. The number of carbonyl (C=O) groups is 1. The average molecular weight is 380 g/mol. The summed E-state index contributed by atoms with van der Waals surface area (Å²) in [5.74, 6) is -0.0476. The maximum Gasteiger partial charge on any atom is 0.243 e. The van der Waals surface area contributed by atoms with Crippen molar-refractivity contribution in [3.8, 4) is 0 Å². The van der Waals surface area contributed by atoms with Crippen LogP contribution in [0.5, 0.6) is 0 Å². The van der Waals surface area contributed by atoms with Gasteiger partial charge in [0, 0.05) is 14.9 Å². The molecule has 4 heteroatoms. The Morgan fingerprint density at radius 3 is 2.20 bits per heavy atom. The van der Waals surface area contributed by atoms with Crippen LogP contribution in [0.4, 0.5) is 11.4 Å². The monoisotopic (exact) mass is 380 g/mol. The number of anilines is 2. The first kappa shape index (κ1) is 14.8. The Labute approximate surface area is 132 Å². The maximum absolute atomic E-state index is 11.9. The first-order valence-electron chi connectivity index (χ1n) is 6.40. The standard InChI is InChI=1S/C16H17IN2O/c1-11-7-12(2)9-15(8-11)19-16(20)10-18-14-5-3-13(17)4-6-14/h3-9,18H,10H2,1-2H3,(H,19,20). The quantitative estimate of drug-likeness (QED) is 0.789. The Balaban J connectivity index is 1.90. The molecule has 0 aliphatic carbocycles. The largest absolute Gasteiger partial charge is 0.376 e. The van der Waals surface area contributed by atoms with E-state index in [1.54, 1.807) is 0 Å². The fraction of sp³-hybridized carbons (Fsp3) is 0.188. The van der Waals surface area contributed by atoms with E-state index in [-0.39, 0.29) is 12.5 Å². The molecule has 2 rings (SSSR count). The molecule has 0 radical (unpaired) electrons. The summed E-state index contributed by atoms with van der Waals surface area (Å²) >= 11 is 2.25. The third-order valence-corrected chi connectivity index (χ3v) is 3.52. The molecule has 104 valence electrons. The van der Waals surface area contributed by atoms with Crippen LogP contribution in [0.1, 0.15) is 11.1 Å². The average Bonchev–Trinajstić information content (AvgIpc) is 2.37. The van der Waals surface area contributed by atoms with Crippen LogP contribution in [-0.4, -0.2) is 12.5 Å². The van der Waals surface area contributed by atoms with E-state index in [0.29, 0.717) is 0 Å². The van der Waals surface area contributed by atoms with Gasteiger partial charge in [0.2, 0.25) is 5.91 Å². The number of halogens is 1. The molecule has 0 heterocycles. The van der Waals surface area contributed by atoms with Crippen molar-refractivity contribution in [1.29, 1.82) is 0 Å². The maximum atomic E-state index is 11.9. The summed E-state index contributed by atoms with van der Waals surface area (Å²) in [5, 5.41) is 6.01. The van der Waals surface area contributed by atoms with Crippen molar-refractivity contribution >= 4 is 39.9 Å². The lowest BCUT2D eigenvalue weighted by atomic mass is 10.1. The molecule has 0 aliphatic heterocycles. The predicted molar refractivity (Wildman–Crippen MR) is 92.2 cm³/mol. The van der Waals surface area contributed by atoms with Gasteiger partial charge in [0.25, 0.3) is 0 Å². The van der Waals surface area contributed by atoms with Gasteiger partial charge in [-0.1, -0.05) is 6.07 Å². The van der Waals surface area contributed by atoms with Crippen molar-refractivity contribution < 1.29 is 4.79 Å². The molecule has 0 aromatic heterocycles. The number of amides is 1. The van der Waals surface area contributed by atoms with Gasteiger partial charge < -0.3 is 10.6 Å². The molecule has 2 aromatic carbocycles. The molecule has 0 fully saturated rings. The second kappa shape index (κ2) is 6.74. The van der Waals surface area contributed by atoms with Gasteiger partial charge in [-0.05, 0) is 84.0 Å². The summed E-state index contributed by atoms with van der Waals surface area (Å²) in [6.07, 6.45) is 0. The van der Waals surface area contributed by atoms with Crippen molar-refractivity contribution in [2.45, 2.75) is 13.8 Å². The number of hydrogen-bond donors (Lipinski definition) is 2. The summed E-state index contributed by atoms with van der Waals surface area (Å²) < 4.78 is 1.17. The van der Waals surface area contributed by atoms with E-state index in [9.17, 15) is 4.79 Å². The third kappa shape index (κ3) is 4.52. The van der Waals surface area contributed by atoms with Gasteiger partial charge in [0.05, 0.1) is 6.54 Å². The summed E-state index contributed by atoms with van der Waals surface area (Å²) in [6, 6.07) is 14.0. The molecule has 1 amide bonds. The molecule has 0 saturated carbocycles. The highest BCUT2D eigenvalue weighted by Gasteiger charge is 2.03. The van der Waals surface area contributed by atoms with E-state index < -0.39 is 0 Å². The Morgan fingerprint density at radius 2 is 1.60 bits per heavy atom. The smallest absolute Gasteiger partial charge is 0.243 e. The topological polar surface area (TPSA) is 41.1 Å². The highest BCUT2D eigenvalue weighted by molar-refractivity contribution is 14.1. The van der Waals surface area contributed by atoms with E-state index in [0.717, 1.165) is 22.5 Å². The SMILES string of the molecule is Cc1cc(C)cc(NC(=O)CNc2ccc(I)cc2)c1. The molecule has 0 spiro atoms. The summed E-state index contributed by atoms with van der Waals surface area (Å²) in [7, 11) is 0. The van der Waals surface area contributed by atoms with Gasteiger partial charge in [-0.15, -0.1) is 0 Å². The van der Waals surface area contributed by atoms with Gasteiger partial charge in [-0.3, -0.25) is 4.79 Å². The van der Waals surface area contributed by atoms with Crippen LogP contribution in [0.15, 0.2) is 42.5 Å². The first-order valence-corrected chi connectivity index (χ1v) is 7.48. The lowest BCUT2D eigenvalue weighted by molar-refractivity contribution is -0.114. The zero-order valence-corrected chi connectivity index (χ0v) is 13.7. The number of rotatable bonds is 4. The van der Waals surface area contributed by atoms with Gasteiger partial charge in [-0.25, -0.2) is 0 Å². The molecule has 2 N–H and O–H groups in total. The predicted octanol–water partition coefficient (Wildman–Crippen LogP) is 3.96. The highest BCUT2D eigenvalue weighted by Crippen LogP contribution is 2.14. The van der Waals surface area contributed by atoms with Crippen LogP contribution in [-0.2, 0) is 4.79 Å². The number of benzene rings is 2. The number of nitrogens with one attached hydrogen (secondary N) is 2. The molecule has 0 saturated heterocycles. The highest BCUT2D eigenvalue weighted by atomic mass is 127. The minimum Gasteiger partial charge on any atom is -0.376 e. The Morgan fingerprint density at radius 1 is 1.00 bits per heavy atom. The molecular weight excluding hydrogens is 363 g/mol. The molecule has 0 unspecified atom stereocenters. The van der Waals surface area contributed by atoms with Crippen molar-refractivity contribution in [3.05, 3.63) is 57.2 Å². The van der Waals surface area contributed by atoms with Crippen molar-refractivity contribution in [2.24, 2.45) is 0 Å². The lowest BCUT2D eigenvalue weighted by Crippen LogP contribution is -2.21. The van der Waals surface area contributed by atoms with Crippen molar-refractivity contribution in [3.63, 3.8) is 0 Å². The summed E-state index contributed by atoms with van der Waals surface area (Å²) in [4.78, 5) is 11.9. The van der Waals surface area contributed by atoms with E-state index in [4.69, 9.17) is 0 Å². The molecular formula is C16H17IN2O. The van der Waals surface area contributed by atoms with Gasteiger partial charge in [0.15, 0.2) is 0 Å². The summed E-state index contributed by atoms with van der Waals surface area (Å²) in [5.41, 5.74) is 4.08. The zero-order valence-electron chi connectivity index (χ0n) is 11.5. The number of hydrogen-bond acceptors (Lipinski definition) is 2. The second-order valence-corrected chi connectivity index (χ2v) is 6.03. The molecule has 3 nitrogen and oxygen atoms in total. The summed E-state index contributed by atoms with van der Waals surface area (Å²) in [6.45, 7) is 4.30. The molecule has 2 aromatic rings. The normalized spacial score (nSPS) is 10.2. The van der Waals surface area contributed by atoms with E-state index in [1.807, 2.05) is 50.2 Å². The van der Waals surface area contributed by atoms with Gasteiger partial charge >= 0.3 is 0 Å². The van der Waals surface area contributed by atoms with Crippen LogP contribution in [0.3, 0.4) is 0 Å². The van der Waals surface area contributed by atoms with E-state index >= 15 is 0 Å². The zero-order chi connectivity index (χ0) is 14.5. The molecule has 0 bridgehead atoms. The number of carbonyl (C=O) groups excluding carboxylic acids is 1. The third-order valence-electron chi connectivity index (χ3n) is 2.80. The van der Waals surface area contributed by atoms with Crippen LogP contribution < -0.4 is 10.6 Å². The Hall–Kier alpha value is -1.56. The van der Waals surface area contributed by atoms with E-state index in [2.05, 4.69) is 39.3 Å². The minimum atomic E-state index is -0.0476. The molecule has 0 atom stereocenters. The van der Waals surface area contributed by atoms with Crippen LogP contribution in [0, 0.1) is 17.4 Å². The minimum absolute atomic E-state index is 0.0476. The fourth-order valence-corrected chi connectivity index (χ4v) is 2.36. The number of aryl methyl sites for hydroxylation is 2. The fourth-order valence-electron chi connectivity index (χ4n) is 2.00. The van der Waals surface area contributed by atoms with Gasteiger partial charge in [-0.2, -0.15) is 0 Å². The van der Waals surface area contributed by atoms with Crippen molar-refractivity contribution in [2.75, 3.05) is 17.2 Å². The molecule has 0 aliphatic rings.